The quantitative estimate of drug-likeness (QED) is 0.755. The Kier molecular flexibility index (Phi) is 5.20. The number of nitrogens with one attached hydrogen (secondary N) is 1. The van der Waals surface area contributed by atoms with Gasteiger partial charge in [-0.15, -0.1) is 12.4 Å². The maximum absolute atomic E-state index is 13.0. The summed E-state index contributed by atoms with van der Waals surface area (Å²) in [5.74, 6) is 0.307. The molecule has 8 nitrogen and oxygen atoms in total. The van der Waals surface area contributed by atoms with Gasteiger partial charge in [-0.2, -0.15) is 4.98 Å². The van der Waals surface area contributed by atoms with Crippen LogP contribution < -0.4 is 11.1 Å². The van der Waals surface area contributed by atoms with Gasteiger partial charge < -0.3 is 15.6 Å². The van der Waals surface area contributed by atoms with E-state index in [9.17, 15) is 9.59 Å². The van der Waals surface area contributed by atoms with E-state index in [0.29, 0.717) is 5.82 Å². The SMILES string of the molecule is Cc1ccc(C2(C)NC(=O)N(Cc3nc(C4(N)CCCC4)no3)C2=O)cc1.Cl. The molecule has 3 amide bonds. The Morgan fingerprint density at radius 2 is 1.86 bits per heavy atom. The van der Waals surface area contributed by atoms with Gasteiger partial charge in [-0.05, 0) is 32.3 Å². The van der Waals surface area contributed by atoms with Crippen LogP contribution in [-0.2, 0) is 22.4 Å². The average Bonchev–Trinajstić information content (AvgIpc) is 3.33. The lowest BCUT2D eigenvalue weighted by atomic mass is 9.91. The molecule has 3 N–H and O–H groups in total. The molecule has 2 aromatic rings. The Bertz CT molecular complexity index is 891. The van der Waals surface area contributed by atoms with Gasteiger partial charge in [-0.25, -0.2) is 4.79 Å². The monoisotopic (exact) mass is 405 g/mol. The van der Waals surface area contributed by atoms with Gasteiger partial charge in [0.05, 0.1) is 5.54 Å². The Labute approximate surface area is 169 Å². The smallest absolute Gasteiger partial charge is 0.325 e. The van der Waals surface area contributed by atoms with E-state index in [0.717, 1.165) is 41.7 Å². The van der Waals surface area contributed by atoms with Crippen LogP contribution >= 0.6 is 12.4 Å². The number of imide groups is 1. The third-order valence-corrected chi connectivity index (χ3v) is 5.61. The van der Waals surface area contributed by atoms with Gasteiger partial charge in [-0.3, -0.25) is 9.69 Å². The molecular formula is C19H24ClN5O3. The molecule has 1 unspecified atom stereocenters. The Morgan fingerprint density at radius 3 is 2.50 bits per heavy atom. The fourth-order valence-electron chi connectivity index (χ4n) is 3.81. The van der Waals surface area contributed by atoms with Crippen LogP contribution in [0.4, 0.5) is 4.79 Å². The second-order valence-electron chi connectivity index (χ2n) is 7.69. The summed E-state index contributed by atoms with van der Waals surface area (Å²) >= 11 is 0. The van der Waals surface area contributed by atoms with E-state index >= 15 is 0 Å². The Morgan fingerprint density at radius 1 is 1.21 bits per heavy atom. The van der Waals surface area contributed by atoms with Crippen molar-refractivity contribution in [3.8, 4) is 0 Å². The van der Waals surface area contributed by atoms with Crippen LogP contribution in [0.15, 0.2) is 28.8 Å². The third-order valence-electron chi connectivity index (χ3n) is 5.61. The number of nitrogens with zero attached hydrogens (tertiary/aromatic N) is 3. The van der Waals surface area contributed by atoms with Crippen LogP contribution in [-0.4, -0.2) is 27.0 Å². The molecule has 1 aliphatic carbocycles. The number of carbonyl (C=O) groups excluding carboxylic acids is 2. The first-order valence-electron chi connectivity index (χ1n) is 9.15. The minimum absolute atomic E-state index is 0. The normalized spacial score (nSPS) is 23.6. The molecule has 0 spiro atoms. The van der Waals surface area contributed by atoms with Crippen molar-refractivity contribution in [1.29, 1.82) is 0 Å². The number of aromatic nitrogens is 2. The molecule has 0 bridgehead atoms. The van der Waals surface area contributed by atoms with Crippen molar-refractivity contribution in [3.05, 3.63) is 47.1 Å². The molecule has 2 aliphatic rings. The van der Waals surface area contributed by atoms with E-state index in [4.69, 9.17) is 10.3 Å². The van der Waals surface area contributed by atoms with Crippen molar-refractivity contribution >= 4 is 24.3 Å². The minimum Gasteiger partial charge on any atom is -0.337 e. The van der Waals surface area contributed by atoms with Crippen LogP contribution in [0, 0.1) is 6.92 Å². The number of amides is 3. The maximum atomic E-state index is 13.0. The van der Waals surface area contributed by atoms with Crippen molar-refractivity contribution < 1.29 is 14.1 Å². The standard InChI is InChI=1S/C19H23N5O3.ClH/c1-12-5-7-13(8-6-12)18(2)16(25)24(17(26)22-18)11-14-21-15(23-27-14)19(20)9-3-4-10-19;/h5-8H,3-4,9-11,20H2,1-2H3,(H,22,26);1H. The van der Waals surface area contributed by atoms with Crippen LogP contribution in [0.1, 0.15) is 55.4 Å². The van der Waals surface area contributed by atoms with E-state index in [2.05, 4.69) is 15.5 Å². The van der Waals surface area contributed by atoms with Crippen LogP contribution in [0.2, 0.25) is 0 Å². The van der Waals surface area contributed by atoms with Crippen LogP contribution in [0.25, 0.3) is 0 Å². The van der Waals surface area contributed by atoms with Gasteiger partial charge in [0, 0.05) is 0 Å². The molecular weight excluding hydrogens is 382 g/mol. The highest BCUT2D eigenvalue weighted by molar-refractivity contribution is 6.07. The molecule has 9 heteroatoms. The molecule has 28 heavy (non-hydrogen) atoms. The molecule has 1 saturated heterocycles. The predicted molar refractivity (Wildman–Crippen MR) is 103 cm³/mol. The van der Waals surface area contributed by atoms with Crippen molar-refractivity contribution in [3.63, 3.8) is 0 Å². The largest absolute Gasteiger partial charge is 0.337 e. The predicted octanol–water partition coefficient (Wildman–Crippen LogP) is 2.50. The second-order valence-corrected chi connectivity index (χ2v) is 7.69. The zero-order valence-electron chi connectivity index (χ0n) is 15.9. The Hall–Kier alpha value is -2.45. The van der Waals surface area contributed by atoms with Crippen molar-refractivity contribution in [2.75, 3.05) is 0 Å². The third kappa shape index (κ3) is 3.27. The summed E-state index contributed by atoms with van der Waals surface area (Å²) in [6.07, 6.45) is 3.67. The zero-order chi connectivity index (χ0) is 19.2. The summed E-state index contributed by atoms with van der Waals surface area (Å²) in [6, 6.07) is 7.04. The average molecular weight is 406 g/mol. The maximum Gasteiger partial charge on any atom is 0.325 e. The molecule has 150 valence electrons. The summed E-state index contributed by atoms with van der Waals surface area (Å²) in [4.78, 5) is 30.9. The molecule has 1 aromatic carbocycles. The zero-order valence-corrected chi connectivity index (χ0v) is 16.7. The number of urea groups is 1. The van der Waals surface area contributed by atoms with Gasteiger partial charge in [0.1, 0.15) is 12.1 Å². The summed E-state index contributed by atoms with van der Waals surface area (Å²) < 4.78 is 5.28. The van der Waals surface area contributed by atoms with E-state index in [1.54, 1.807) is 6.92 Å². The first kappa shape index (κ1) is 20.3. The highest BCUT2D eigenvalue weighted by Crippen LogP contribution is 2.35. The van der Waals surface area contributed by atoms with Gasteiger partial charge in [-0.1, -0.05) is 47.8 Å². The van der Waals surface area contributed by atoms with Crippen LogP contribution in [0.3, 0.4) is 0 Å². The number of rotatable bonds is 4. The highest BCUT2D eigenvalue weighted by Gasteiger charge is 2.49. The van der Waals surface area contributed by atoms with Gasteiger partial charge >= 0.3 is 6.03 Å². The molecule has 2 heterocycles. The number of hydrogen-bond donors (Lipinski definition) is 2. The molecule has 1 saturated carbocycles. The van der Waals surface area contributed by atoms with E-state index in [1.165, 1.54) is 0 Å². The first-order valence-corrected chi connectivity index (χ1v) is 9.15. The van der Waals surface area contributed by atoms with Gasteiger partial charge in [0.2, 0.25) is 5.89 Å². The summed E-state index contributed by atoms with van der Waals surface area (Å²) in [7, 11) is 0. The molecule has 1 aliphatic heterocycles. The number of hydrogen-bond acceptors (Lipinski definition) is 6. The molecule has 1 atom stereocenters. The van der Waals surface area contributed by atoms with Gasteiger partial charge in [0.15, 0.2) is 5.82 Å². The molecule has 4 rings (SSSR count). The van der Waals surface area contributed by atoms with Crippen molar-refractivity contribution in [2.24, 2.45) is 5.73 Å². The van der Waals surface area contributed by atoms with Gasteiger partial charge in [0.25, 0.3) is 5.91 Å². The number of benzene rings is 1. The summed E-state index contributed by atoms with van der Waals surface area (Å²) in [5.41, 5.74) is 6.46. The summed E-state index contributed by atoms with van der Waals surface area (Å²) in [5, 5.41) is 6.76. The van der Waals surface area contributed by atoms with Crippen molar-refractivity contribution in [1.82, 2.24) is 20.4 Å². The van der Waals surface area contributed by atoms with E-state index < -0.39 is 17.1 Å². The number of carbonyl (C=O) groups is 2. The minimum atomic E-state index is -1.12. The van der Waals surface area contributed by atoms with E-state index in [-0.39, 0.29) is 30.7 Å². The second kappa shape index (κ2) is 7.18. The van der Waals surface area contributed by atoms with Crippen molar-refractivity contribution in [2.45, 2.75) is 57.2 Å². The molecule has 0 radical (unpaired) electrons. The van der Waals surface area contributed by atoms with Crippen LogP contribution in [0.5, 0.6) is 0 Å². The fourth-order valence-corrected chi connectivity index (χ4v) is 3.81. The number of aryl methyl sites for hydroxylation is 1. The van der Waals surface area contributed by atoms with E-state index in [1.807, 2.05) is 31.2 Å². The molecule has 1 aromatic heterocycles. The lowest BCUT2D eigenvalue weighted by molar-refractivity contribution is -0.131. The fraction of sp³-hybridized carbons (Fsp3) is 0.474. The number of halogens is 1. The highest BCUT2D eigenvalue weighted by atomic mass is 35.5. The summed E-state index contributed by atoms with van der Waals surface area (Å²) in [6.45, 7) is 3.59. The lowest BCUT2D eigenvalue weighted by Crippen LogP contribution is -2.40. The Balaban J connectivity index is 0.00000225. The number of nitrogens with two attached hydrogens (primary N) is 1. The molecule has 2 fully saturated rings. The lowest BCUT2D eigenvalue weighted by Gasteiger charge is -2.22. The topological polar surface area (TPSA) is 114 Å². The first-order chi connectivity index (χ1) is 12.8.